The molecule has 3 aromatic rings. The van der Waals surface area contributed by atoms with Crippen LogP contribution in [0.25, 0.3) is 16.9 Å². The molecule has 0 aliphatic heterocycles. The van der Waals surface area contributed by atoms with Crippen molar-refractivity contribution in [2.24, 2.45) is 0 Å². The maximum Gasteiger partial charge on any atom is 0.303 e. The molecule has 0 atom stereocenters. The molecule has 1 N–H and O–H groups in total. The highest BCUT2D eigenvalue weighted by molar-refractivity contribution is 6.30. The molecule has 112 valence electrons. The Bertz CT molecular complexity index is 843. The first-order valence-electron chi connectivity index (χ1n) is 6.69. The molecule has 0 spiro atoms. The molecule has 0 saturated carbocycles. The molecule has 0 fully saturated rings. The van der Waals surface area contributed by atoms with Crippen LogP contribution in [0.1, 0.15) is 12.1 Å². The summed E-state index contributed by atoms with van der Waals surface area (Å²) in [7, 11) is 0. The molecule has 3 rings (SSSR count). The number of carbonyl (C=O) groups is 1. The lowest BCUT2D eigenvalue weighted by atomic mass is 10.1. The second-order valence-electron chi connectivity index (χ2n) is 4.88. The minimum atomic E-state index is -0.887. The van der Waals surface area contributed by atoms with Gasteiger partial charge in [-0.2, -0.15) is 0 Å². The third-order valence-electron chi connectivity index (χ3n) is 3.37. The van der Waals surface area contributed by atoms with Gasteiger partial charge in [-0.05, 0) is 36.4 Å². The van der Waals surface area contributed by atoms with E-state index in [0.717, 1.165) is 11.3 Å². The summed E-state index contributed by atoms with van der Waals surface area (Å²) >= 11 is 6.01. The fourth-order valence-electron chi connectivity index (χ4n) is 2.37. The number of hydrogen-bond acceptors (Lipinski definition) is 2. The minimum absolute atomic E-state index is 0.0193. The standard InChI is InChI=1S/C16H12ClFN2O2/c17-11-3-7-14-19-16(10-1-4-12(18)5-2-10)13(20(14)9-11)6-8-15(21)22/h1-5,7,9H,6,8H2,(H,21,22). The van der Waals surface area contributed by atoms with Gasteiger partial charge in [0.2, 0.25) is 0 Å². The number of aryl methyl sites for hydroxylation is 1. The molecule has 2 aromatic heterocycles. The normalized spacial score (nSPS) is 11.0. The maximum absolute atomic E-state index is 13.1. The smallest absolute Gasteiger partial charge is 0.303 e. The lowest BCUT2D eigenvalue weighted by Gasteiger charge is -2.04. The van der Waals surface area contributed by atoms with Crippen molar-refractivity contribution < 1.29 is 14.3 Å². The molecule has 6 heteroatoms. The van der Waals surface area contributed by atoms with Crippen molar-refractivity contribution >= 4 is 23.2 Å². The fourth-order valence-corrected chi connectivity index (χ4v) is 2.53. The highest BCUT2D eigenvalue weighted by Crippen LogP contribution is 2.27. The summed E-state index contributed by atoms with van der Waals surface area (Å²) in [5, 5.41) is 9.47. The van der Waals surface area contributed by atoms with E-state index in [2.05, 4.69) is 4.98 Å². The summed E-state index contributed by atoms with van der Waals surface area (Å²) in [6.45, 7) is 0. The van der Waals surface area contributed by atoms with Crippen molar-refractivity contribution in [3.63, 3.8) is 0 Å². The lowest BCUT2D eigenvalue weighted by molar-refractivity contribution is -0.136. The van der Waals surface area contributed by atoms with Crippen LogP contribution in [-0.4, -0.2) is 20.5 Å². The molecule has 22 heavy (non-hydrogen) atoms. The van der Waals surface area contributed by atoms with Crippen LogP contribution in [0.5, 0.6) is 0 Å². The summed E-state index contributed by atoms with van der Waals surface area (Å²) in [6.07, 6.45) is 1.99. The van der Waals surface area contributed by atoms with Crippen molar-refractivity contribution in [3.05, 3.63) is 59.1 Å². The number of pyridine rings is 1. The number of hydrogen-bond donors (Lipinski definition) is 1. The number of fused-ring (bicyclic) bond motifs is 1. The zero-order chi connectivity index (χ0) is 15.7. The fraction of sp³-hybridized carbons (Fsp3) is 0.125. The summed E-state index contributed by atoms with van der Waals surface area (Å²) in [5.74, 6) is -1.22. The van der Waals surface area contributed by atoms with Crippen LogP contribution >= 0.6 is 11.6 Å². The van der Waals surface area contributed by atoms with Gasteiger partial charge >= 0.3 is 5.97 Å². The van der Waals surface area contributed by atoms with Crippen molar-refractivity contribution in [1.29, 1.82) is 0 Å². The second kappa shape index (κ2) is 5.77. The first-order chi connectivity index (χ1) is 10.5. The van der Waals surface area contributed by atoms with Gasteiger partial charge in [-0.15, -0.1) is 0 Å². The van der Waals surface area contributed by atoms with E-state index in [4.69, 9.17) is 16.7 Å². The van der Waals surface area contributed by atoms with Gasteiger partial charge in [-0.3, -0.25) is 4.79 Å². The highest BCUT2D eigenvalue weighted by Gasteiger charge is 2.15. The van der Waals surface area contributed by atoms with Crippen molar-refractivity contribution in [1.82, 2.24) is 9.38 Å². The lowest BCUT2D eigenvalue weighted by Crippen LogP contribution is -2.01. The number of nitrogens with zero attached hydrogens (tertiary/aromatic N) is 2. The molecular weight excluding hydrogens is 307 g/mol. The third-order valence-corrected chi connectivity index (χ3v) is 3.60. The Morgan fingerprint density at radius 1 is 1.23 bits per heavy atom. The second-order valence-corrected chi connectivity index (χ2v) is 5.32. The Balaban J connectivity index is 2.16. The Labute approximate surface area is 130 Å². The van der Waals surface area contributed by atoms with Crippen LogP contribution < -0.4 is 0 Å². The molecule has 0 saturated heterocycles. The average molecular weight is 319 g/mol. The largest absolute Gasteiger partial charge is 0.481 e. The van der Waals surface area contributed by atoms with Crippen LogP contribution in [0, 0.1) is 5.82 Å². The first-order valence-corrected chi connectivity index (χ1v) is 7.06. The summed E-state index contributed by atoms with van der Waals surface area (Å²) in [6, 6.07) is 9.45. The van der Waals surface area contributed by atoms with E-state index in [0.29, 0.717) is 22.8 Å². The SMILES string of the molecule is O=C(O)CCc1c(-c2ccc(F)cc2)nc2ccc(Cl)cn12. The number of carboxylic acid groups (broad SMARTS) is 1. The topological polar surface area (TPSA) is 54.6 Å². The molecule has 0 aliphatic rings. The Hall–Kier alpha value is -2.40. The first kappa shape index (κ1) is 14.5. The molecular formula is C16H12ClFN2O2. The zero-order valence-electron chi connectivity index (χ0n) is 11.5. The summed E-state index contributed by atoms with van der Waals surface area (Å²) in [4.78, 5) is 15.4. The number of halogens is 2. The number of carboxylic acids is 1. The van der Waals surface area contributed by atoms with E-state index in [1.807, 2.05) is 0 Å². The molecule has 1 aromatic carbocycles. The minimum Gasteiger partial charge on any atom is -0.481 e. The van der Waals surface area contributed by atoms with Crippen LogP contribution in [0.3, 0.4) is 0 Å². The Morgan fingerprint density at radius 2 is 1.95 bits per heavy atom. The van der Waals surface area contributed by atoms with Gasteiger partial charge in [-0.1, -0.05) is 11.6 Å². The summed E-state index contributed by atoms with van der Waals surface area (Å²) in [5.41, 5.74) is 2.79. The van der Waals surface area contributed by atoms with E-state index in [1.54, 1.807) is 34.9 Å². The van der Waals surface area contributed by atoms with Crippen LogP contribution in [0.4, 0.5) is 4.39 Å². The van der Waals surface area contributed by atoms with Gasteiger partial charge in [0.15, 0.2) is 0 Å². The quantitative estimate of drug-likeness (QED) is 0.796. The van der Waals surface area contributed by atoms with Gasteiger partial charge in [0.25, 0.3) is 0 Å². The van der Waals surface area contributed by atoms with Crippen molar-refractivity contribution in [2.75, 3.05) is 0 Å². The van der Waals surface area contributed by atoms with Gasteiger partial charge in [-0.25, -0.2) is 9.37 Å². The predicted molar refractivity (Wildman–Crippen MR) is 81.6 cm³/mol. The summed E-state index contributed by atoms with van der Waals surface area (Å²) < 4.78 is 14.9. The predicted octanol–water partition coefficient (Wildman–Crippen LogP) is 3.81. The van der Waals surface area contributed by atoms with Gasteiger partial charge in [0.05, 0.1) is 22.8 Å². The Kier molecular flexibility index (Phi) is 3.81. The number of benzene rings is 1. The van der Waals surface area contributed by atoms with E-state index in [-0.39, 0.29) is 12.2 Å². The van der Waals surface area contributed by atoms with E-state index >= 15 is 0 Å². The average Bonchev–Trinajstić information content (AvgIpc) is 2.83. The van der Waals surface area contributed by atoms with Crippen LogP contribution in [-0.2, 0) is 11.2 Å². The van der Waals surface area contributed by atoms with Crippen molar-refractivity contribution in [2.45, 2.75) is 12.8 Å². The molecule has 2 heterocycles. The number of imidazole rings is 1. The van der Waals surface area contributed by atoms with E-state index in [1.165, 1.54) is 12.1 Å². The van der Waals surface area contributed by atoms with Crippen LogP contribution in [0.15, 0.2) is 42.6 Å². The molecule has 4 nitrogen and oxygen atoms in total. The molecule has 0 unspecified atom stereocenters. The van der Waals surface area contributed by atoms with E-state index in [9.17, 15) is 9.18 Å². The molecule has 0 bridgehead atoms. The van der Waals surface area contributed by atoms with Gasteiger partial charge < -0.3 is 9.51 Å². The zero-order valence-corrected chi connectivity index (χ0v) is 12.2. The van der Waals surface area contributed by atoms with E-state index < -0.39 is 5.97 Å². The molecule has 0 radical (unpaired) electrons. The van der Waals surface area contributed by atoms with Crippen molar-refractivity contribution in [3.8, 4) is 11.3 Å². The number of rotatable bonds is 4. The molecule has 0 amide bonds. The maximum atomic E-state index is 13.1. The third kappa shape index (κ3) is 2.80. The Morgan fingerprint density at radius 3 is 2.64 bits per heavy atom. The van der Waals surface area contributed by atoms with Gasteiger partial charge in [0, 0.05) is 18.2 Å². The monoisotopic (exact) mass is 318 g/mol. The number of aliphatic carboxylic acids is 1. The molecule has 0 aliphatic carbocycles. The van der Waals surface area contributed by atoms with Crippen LogP contribution in [0.2, 0.25) is 5.02 Å². The highest BCUT2D eigenvalue weighted by atomic mass is 35.5. The number of aromatic nitrogens is 2. The van der Waals surface area contributed by atoms with Gasteiger partial charge in [0.1, 0.15) is 11.5 Å².